The predicted octanol–water partition coefficient (Wildman–Crippen LogP) is 3.53. The summed E-state index contributed by atoms with van der Waals surface area (Å²) in [6.45, 7) is 4.51. The number of phenolic OH excluding ortho intramolecular Hbond substituents is 1. The van der Waals surface area contributed by atoms with Crippen LogP contribution in [0.2, 0.25) is 0 Å². The maximum Gasteiger partial charge on any atom is 0.253 e. The lowest BCUT2D eigenvalue weighted by atomic mass is 9.89. The molecular formula is C27H31N5O3. The molecule has 1 aliphatic heterocycles. The topological polar surface area (TPSA) is 100 Å². The second kappa shape index (κ2) is 11.5. The molecule has 0 atom stereocenters. The monoisotopic (exact) mass is 473 g/mol. The molecule has 2 aromatic heterocycles. The number of hydrogen-bond acceptors (Lipinski definition) is 5. The number of rotatable bonds is 8. The lowest BCUT2D eigenvalue weighted by Gasteiger charge is -2.32. The van der Waals surface area contributed by atoms with Crippen molar-refractivity contribution in [2.24, 2.45) is 0 Å². The smallest absolute Gasteiger partial charge is 0.253 e. The number of imidazole rings is 1. The molecule has 8 heteroatoms. The number of nitrogens with zero attached hydrogens (tertiary/aromatic N) is 4. The zero-order valence-electron chi connectivity index (χ0n) is 19.9. The molecule has 182 valence electrons. The Hall–Kier alpha value is -3.94. The first-order valence-corrected chi connectivity index (χ1v) is 12.0. The van der Waals surface area contributed by atoms with Gasteiger partial charge in [0.2, 0.25) is 5.91 Å². The molecule has 0 spiro atoms. The van der Waals surface area contributed by atoms with E-state index in [9.17, 15) is 14.7 Å². The van der Waals surface area contributed by atoms with Crippen molar-refractivity contribution < 1.29 is 14.7 Å². The standard InChI is InChI=1S/C27H31N5O3/c1-20-6-8-24(27(35)29-12-3-14-31-17-13-28-19-31)26(30-20)22-10-15-32(16-11-22)25(34)9-7-21-4-2-5-23(33)18-21/h2,4-9,13,17-19,22,33H,3,10-12,14-16H2,1H3,(H,29,35). The number of carbonyl (C=O) groups is 2. The molecule has 1 aliphatic rings. The van der Waals surface area contributed by atoms with E-state index < -0.39 is 0 Å². The number of benzene rings is 1. The molecule has 1 fully saturated rings. The second-order valence-electron chi connectivity index (χ2n) is 8.82. The Labute approximate surface area is 205 Å². The molecule has 3 aromatic rings. The molecule has 35 heavy (non-hydrogen) atoms. The summed E-state index contributed by atoms with van der Waals surface area (Å²) < 4.78 is 1.99. The number of nitrogens with one attached hydrogen (secondary N) is 1. The average Bonchev–Trinajstić information content (AvgIpc) is 3.39. The number of phenols is 1. The number of pyridine rings is 1. The molecule has 3 heterocycles. The summed E-state index contributed by atoms with van der Waals surface area (Å²) in [6.07, 6.45) is 11.0. The first-order chi connectivity index (χ1) is 17.0. The fourth-order valence-corrected chi connectivity index (χ4v) is 4.33. The first-order valence-electron chi connectivity index (χ1n) is 12.0. The highest BCUT2D eigenvalue weighted by atomic mass is 16.3. The molecule has 0 radical (unpaired) electrons. The van der Waals surface area contributed by atoms with Crippen molar-refractivity contribution in [1.82, 2.24) is 24.8 Å². The minimum Gasteiger partial charge on any atom is -0.508 e. The van der Waals surface area contributed by atoms with E-state index in [0.29, 0.717) is 25.2 Å². The zero-order valence-corrected chi connectivity index (χ0v) is 19.9. The van der Waals surface area contributed by atoms with E-state index in [0.717, 1.165) is 42.8 Å². The summed E-state index contributed by atoms with van der Waals surface area (Å²) in [5, 5.41) is 12.6. The Bertz CT molecular complexity index is 1180. The van der Waals surface area contributed by atoms with Crippen LogP contribution in [0, 0.1) is 6.92 Å². The van der Waals surface area contributed by atoms with Gasteiger partial charge < -0.3 is 19.9 Å². The highest BCUT2D eigenvalue weighted by Crippen LogP contribution is 2.29. The van der Waals surface area contributed by atoms with Crippen LogP contribution in [0.5, 0.6) is 5.75 Å². The molecule has 4 rings (SSSR count). The molecule has 1 aromatic carbocycles. The number of aryl methyl sites for hydroxylation is 2. The third-order valence-corrected chi connectivity index (χ3v) is 6.23. The van der Waals surface area contributed by atoms with Crippen molar-refractivity contribution >= 4 is 17.9 Å². The minimum absolute atomic E-state index is 0.0557. The zero-order chi connectivity index (χ0) is 24.6. The fraction of sp³-hybridized carbons (Fsp3) is 0.333. The van der Waals surface area contributed by atoms with Crippen molar-refractivity contribution in [3.05, 3.63) is 83.7 Å². The van der Waals surface area contributed by atoms with Gasteiger partial charge in [0.15, 0.2) is 0 Å². The van der Waals surface area contributed by atoms with Crippen LogP contribution in [-0.4, -0.2) is 56.0 Å². The van der Waals surface area contributed by atoms with Crippen LogP contribution in [0.15, 0.2) is 61.2 Å². The van der Waals surface area contributed by atoms with Gasteiger partial charge in [-0.2, -0.15) is 0 Å². The summed E-state index contributed by atoms with van der Waals surface area (Å²) in [6, 6.07) is 10.5. The molecular weight excluding hydrogens is 442 g/mol. The molecule has 2 N–H and O–H groups in total. The van der Waals surface area contributed by atoms with Crippen LogP contribution in [0.3, 0.4) is 0 Å². The summed E-state index contributed by atoms with van der Waals surface area (Å²) in [5.74, 6) is 0.135. The van der Waals surface area contributed by atoms with Crippen molar-refractivity contribution in [1.29, 1.82) is 0 Å². The van der Waals surface area contributed by atoms with Gasteiger partial charge in [-0.1, -0.05) is 12.1 Å². The molecule has 0 bridgehead atoms. The number of hydrogen-bond donors (Lipinski definition) is 2. The van der Waals surface area contributed by atoms with Gasteiger partial charge in [0.25, 0.3) is 5.91 Å². The quantitative estimate of drug-likeness (QED) is 0.385. The SMILES string of the molecule is Cc1ccc(C(=O)NCCCn2ccnc2)c(C2CCN(C(=O)C=Cc3cccc(O)c3)CC2)n1. The molecule has 2 amide bonds. The lowest BCUT2D eigenvalue weighted by Crippen LogP contribution is -2.37. The maximum atomic E-state index is 12.9. The van der Waals surface area contributed by atoms with Crippen LogP contribution in [0.1, 0.15) is 52.5 Å². The van der Waals surface area contributed by atoms with Gasteiger partial charge in [-0.25, -0.2) is 4.98 Å². The lowest BCUT2D eigenvalue weighted by molar-refractivity contribution is -0.127. The predicted molar refractivity (Wildman–Crippen MR) is 134 cm³/mol. The van der Waals surface area contributed by atoms with E-state index >= 15 is 0 Å². The van der Waals surface area contributed by atoms with Crippen LogP contribution in [-0.2, 0) is 11.3 Å². The van der Waals surface area contributed by atoms with E-state index in [-0.39, 0.29) is 23.5 Å². The number of likely N-dealkylation sites (tertiary alicyclic amines) is 1. The van der Waals surface area contributed by atoms with Crippen molar-refractivity contribution in [3.63, 3.8) is 0 Å². The third kappa shape index (κ3) is 6.56. The summed E-state index contributed by atoms with van der Waals surface area (Å²) >= 11 is 0. The van der Waals surface area contributed by atoms with Crippen LogP contribution in [0.25, 0.3) is 6.08 Å². The molecule has 0 unspecified atom stereocenters. The first kappa shape index (κ1) is 24.2. The van der Waals surface area contributed by atoms with Crippen molar-refractivity contribution in [3.8, 4) is 5.75 Å². The second-order valence-corrected chi connectivity index (χ2v) is 8.82. The Morgan fingerprint density at radius 2 is 2.03 bits per heavy atom. The van der Waals surface area contributed by atoms with Crippen molar-refractivity contribution in [2.75, 3.05) is 19.6 Å². The third-order valence-electron chi connectivity index (χ3n) is 6.23. The summed E-state index contributed by atoms with van der Waals surface area (Å²) in [7, 11) is 0. The van der Waals surface area contributed by atoms with Crippen molar-refractivity contribution in [2.45, 2.75) is 38.6 Å². The average molecular weight is 474 g/mol. The van der Waals surface area contributed by atoms with Gasteiger partial charge in [-0.15, -0.1) is 0 Å². The molecule has 8 nitrogen and oxygen atoms in total. The normalized spacial score (nSPS) is 14.4. The van der Waals surface area contributed by atoms with E-state index in [1.54, 1.807) is 42.9 Å². The van der Waals surface area contributed by atoms with E-state index in [1.807, 2.05) is 40.8 Å². The highest BCUT2D eigenvalue weighted by molar-refractivity contribution is 5.95. The van der Waals surface area contributed by atoms with Gasteiger partial charge in [-0.3, -0.25) is 14.6 Å². The highest BCUT2D eigenvalue weighted by Gasteiger charge is 2.27. The van der Waals surface area contributed by atoms with Gasteiger partial charge in [0, 0.05) is 56.3 Å². The fourth-order valence-electron chi connectivity index (χ4n) is 4.33. The van der Waals surface area contributed by atoms with Gasteiger partial charge >= 0.3 is 0 Å². The number of aromatic hydroxyl groups is 1. The Morgan fingerprint density at radius 3 is 2.77 bits per heavy atom. The largest absolute Gasteiger partial charge is 0.508 e. The number of aromatic nitrogens is 3. The maximum absolute atomic E-state index is 12.9. The molecule has 1 saturated heterocycles. The number of carbonyl (C=O) groups excluding carboxylic acids is 2. The van der Waals surface area contributed by atoms with E-state index in [4.69, 9.17) is 4.98 Å². The van der Waals surface area contributed by atoms with E-state index in [1.165, 1.54) is 0 Å². The van der Waals surface area contributed by atoms with Crippen LogP contribution in [0.4, 0.5) is 0 Å². The molecule has 0 saturated carbocycles. The van der Waals surface area contributed by atoms with E-state index in [2.05, 4.69) is 10.3 Å². The number of amides is 2. The van der Waals surface area contributed by atoms with Gasteiger partial charge in [0.05, 0.1) is 17.6 Å². The van der Waals surface area contributed by atoms with Gasteiger partial charge in [-0.05, 0) is 62.1 Å². The van der Waals surface area contributed by atoms with Crippen LogP contribution >= 0.6 is 0 Å². The summed E-state index contributed by atoms with van der Waals surface area (Å²) in [5.41, 5.74) is 3.09. The Morgan fingerprint density at radius 1 is 1.20 bits per heavy atom. The van der Waals surface area contributed by atoms with Gasteiger partial charge in [0.1, 0.15) is 5.75 Å². The summed E-state index contributed by atoms with van der Waals surface area (Å²) in [4.78, 5) is 36.2. The molecule has 0 aliphatic carbocycles. The minimum atomic E-state index is -0.106. The van der Waals surface area contributed by atoms with Crippen LogP contribution < -0.4 is 5.32 Å². The number of piperidine rings is 1. The Kier molecular flexibility index (Phi) is 7.92. The Balaban J connectivity index is 1.33.